The molecular weight excluding hydrogens is 244 g/mol. The van der Waals surface area contributed by atoms with Crippen molar-refractivity contribution in [3.8, 4) is 11.5 Å². The van der Waals surface area contributed by atoms with E-state index in [2.05, 4.69) is 9.97 Å². The first kappa shape index (κ1) is 13.3. The molecule has 0 radical (unpaired) electrons. The average Bonchev–Trinajstić information content (AvgIpc) is 2.75. The van der Waals surface area contributed by atoms with Crippen LogP contribution in [0.5, 0.6) is 0 Å². The molecule has 5 nitrogen and oxygen atoms in total. The van der Waals surface area contributed by atoms with Crippen molar-refractivity contribution < 1.29 is 14.3 Å². The van der Waals surface area contributed by atoms with Crippen LogP contribution in [0.4, 0.5) is 0 Å². The van der Waals surface area contributed by atoms with Crippen LogP contribution in [0.15, 0.2) is 22.6 Å². The predicted molar refractivity (Wildman–Crippen MR) is 69.7 cm³/mol. The van der Waals surface area contributed by atoms with Crippen molar-refractivity contribution in [3.05, 3.63) is 35.5 Å². The standard InChI is InChI=1S/C14H16N2O3/c1-8(14(17)18)6-13-15-9(2)7-11(16-13)12-5-4-10(3)19-12/h4-5,7-8H,6H2,1-3H3,(H,17,18). The van der Waals surface area contributed by atoms with E-state index in [0.29, 0.717) is 23.7 Å². The van der Waals surface area contributed by atoms with Gasteiger partial charge in [-0.1, -0.05) is 6.92 Å². The molecule has 0 aromatic carbocycles. The van der Waals surface area contributed by atoms with Crippen LogP contribution >= 0.6 is 0 Å². The zero-order chi connectivity index (χ0) is 14.0. The van der Waals surface area contributed by atoms with Crippen LogP contribution in [0.3, 0.4) is 0 Å². The number of rotatable bonds is 4. The van der Waals surface area contributed by atoms with Gasteiger partial charge in [-0.15, -0.1) is 0 Å². The topological polar surface area (TPSA) is 76.2 Å². The summed E-state index contributed by atoms with van der Waals surface area (Å²) >= 11 is 0. The van der Waals surface area contributed by atoms with E-state index in [1.165, 1.54) is 0 Å². The minimum atomic E-state index is -0.847. The van der Waals surface area contributed by atoms with Gasteiger partial charge in [0.2, 0.25) is 0 Å². The van der Waals surface area contributed by atoms with E-state index in [-0.39, 0.29) is 0 Å². The number of aromatic nitrogens is 2. The van der Waals surface area contributed by atoms with Gasteiger partial charge in [-0.2, -0.15) is 0 Å². The molecule has 0 saturated carbocycles. The maximum Gasteiger partial charge on any atom is 0.306 e. The minimum Gasteiger partial charge on any atom is -0.481 e. The fraction of sp³-hybridized carbons (Fsp3) is 0.357. The molecule has 1 N–H and O–H groups in total. The molecule has 2 rings (SSSR count). The van der Waals surface area contributed by atoms with Crippen molar-refractivity contribution in [2.45, 2.75) is 27.2 Å². The summed E-state index contributed by atoms with van der Waals surface area (Å²) in [7, 11) is 0. The highest BCUT2D eigenvalue weighted by atomic mass is 16.4. The normalized spacial score (nSPS) is 12.4. The lowest BCUT2D eigenvalue weighted by atomic mass is 10.1. The van der Waals surface area contributed by atoms with Crippen molar-refractivity contribution in [1.29, 1.82) is 0 Å². The highest BCUT2D eigenvalue weighted by molar-refractivity contribution is 5.69. The van der Waals surface area contributed by atoms with Crippen molar-refractivity contribution in [2.24, 2.45) is 5.92 Å². The van der Waals surface area contributed by atoms with E-state index in [4.69, 9.17) is 9.52 Å². The Morgan fingerprint density at radius 1 is 1.37 bits per heavy atom. The molecular formula is C14H16N2O3. The van der Waals surface area contributed by atoms with Crippen molar-refractivity contribution in [2.75, 3.05) is 0 Å². The van der Waals surface area contributed by atoms with E-state index >= 15 is 0 Å². The molecule has 0 amide bonds. The number of aliphatic carboxylic acids is 1. The summed E-state index contributed by atoms with van der Waals surface area (Å²) in [6, 6.07) is 5.54. The van der Waals surface area contributed by atoms with Gasteiger partial charge in [0.1, 0.15) is 17.3 Å². The summed E-state index contributed by atoms with van der Waals surface area (Å²) in [5.41, 5.74) is 1.49. The van der Waals surface area contributed by atoms with Crippen LogP contribution in [-0.4, -0.2) is 21.0 Å². The predicted octanol–water partition coefficient (Wildman–Crippen LogP) is 2.62. The molecule has 100 valence electrons. The van der Waals surface area contributed by atoms with Gasteiger partial charge in [-0.05, 0) is 32.0 Å². The molecule has 5 heteroatoms. The van der Waals surface area contributed by atoms with Crippen LogP contribution in [0.25, 0.3) is 11.5 Å². The molecule has 0 spiro atoms. The van der Waals surface area contributed by atoms with Gasteiger partial charge >= 0.3 is 5.97 Å². The largest absolute Gasteiger partial charge is 0.481 e. The first-order valence-electron chi connectivity index (χ1n) is 6.10. The zero-order valence-corrected chi connectivity index (χ0v) is 11.2. The summed E-state index contributed by atoms with van der Waals surface area (Å²) < 4.78 is 5.53. The van der Waals surface area contributed by atoms with Crippen LogP contribution < -0.4 is 0 Å². The van der Waals surface area contributed by atoms with E-state index in [0.717, 1.165) is 11.5 Å². The lowest BCUT2D eigenvalue weighted by molar-refractivity contribution is -0.141. The number of carboxylic acids is 1. The van der Waals surface area contributed by atoms with Gasteiger partial charge in [-0.3, -0.25) is 4.79 Å². The van der Waals surface area contributed by atoms with Crippen LogP contribution in [0.1, 0.15) is 24.2 Å². The Hall–Kier alpha value is -2.17. The molecule has 2 aromatic heterocycles. The van der Waals surface area contributed by atoms with Gasteiger partial charge in [0.15, 0.2) is 5.76 Å². The second-order valence-corrected chi connectivity index (χ2v) is 4.66. The number of hydrogen-bond donors (Lipinski definition) is 1. The zero-order valence-electron chi connectivity index (χ0n) is 11.2. The number of hydrogen-bond acceptors (Lipinski definition) is 4. The molecule has 1 atom stereocenters. The van der Waals surface area contributed by atoms with Crippen molar-refractivity contribution >= 4 is 5.97 Å². The summed E-state index contributed by atoms with van der Waals surface area (Å²) in [4.78, 5) is 19.5. The lowest BCUT2D eigenvalue weighted by Gasteiger charge is -2.07. The van der Waals surface area contributed by atoms with E-state index in [9.17, 15) is 4.79 Å². The number of aryl methyl sites for hydroxylation is 2. The lowest BCUT2D eigenvalue weighted by Crippen LogP contribution is -2.14. The van der Waals surface area contributed by atoms with Crippen molar-refractivity contribution in [1.82, 2.24) is 9.97 Å². The van der Waals surface area contributed by atoms with Gasteiger partial charge in [0.05, 0.1) is 5.92 Å². The average molecular weight is 260 g/mol. The second-order valence-electron chi connectivity index (χ2n) is 4.66. The summed E-state index contributed by atoms with van der Waals surface area (Å²) in [6.07, 6.45) is 0.309. The molecule has 2 heterocycles. The van der Waals surface area contributed by atoms with Gasteiger partial charge in [0, 0.05) is 12.1 Å². The van der Waals surface area contributed by atoms with Crippen LogP contribution in [0.2, 0.25) is 0 Å². The highest BCUT2D eigenvalue weighted by Gasteiger charge is 2.15. The fourth-order valence-electron chi connectivity index (χ4n) is 1.78. The maximum atomic E-state index is 10.9. The van der Waals surface area contributed by atoms with Gasteiger partial charge in [0.25, 0.3) is 0 Å². The Balaban J connectivity index is 2.32. The van der Waals surface area contributed by atoms with E-state index in [1.807, 2.05) is 32.0 Å². The molecule has 19 heavy (non-hydrogen) atoms. The summed E-state index contributed by atoms with van der Waals surface area (Å²) in [5.74, 6) is 0.659. The third-order valence-electron chi connectivity index (χ3n) is 2.80. The Morgan fingerprint density at radius 2 is 2.11 bits per heavy atom. The number of nitrogens with zero attached hydrogens (tertiary/aromatic N) is 2. The van der Waals surface area contributed by atoms with E-state index < -0.39 is 11.9 Å². The molecule has 0 aliphatic heterocycles. The van der Waals surface area contributed by atoms with Crippen molar-refractivity contribution in [3.63, 3.8) is 0 Å². The Kier molecular flexibility index (Phi) is 3.64. The van der Waals surface area contributed by atoms with Gasteiger partial charge in [-0.25, -0.2) is 9.97 Å². The smallest absolute Gasteiger partial charge is 0.306 e. The third-order valence-corrected chi connectivity index (χ3v) is 2.80. The number of carboxylic acid groups (broad SMARTS) is 1. The molecule has 0 bridgehead atoms. The van der Waals surface area contributed by atoms with E-state index in [1.54, 1.807) is 6.92 Å². The summed E-state index contributed by atoms with van der Waals surface area (Å²) in [6.45, 7) is 5.37. The minimum absolute atomic E-state index is 0.309. The Bertz CT molecular complexity index is 604. The maximum absolute atomic E-state index is 10.9. The Labute approximate surface area is 111 Å². The van der Waals surface area contributed by atoms with Crippen LogP contribution in [-0.2, 0) is 11.2 Å². The van der Waals surface area contributed by atoms with Gasteiger partial charge < -0.3 is 9.52 Å². The highest BCUT2D eigenvalue weighted by Crippen LogP contribution is 2.21. The monoisotopic (exact) mass is 260 g/mol. The number of carbonyl (C=O) groups is 1. The molecule has 2 aromatic rings. The third kappa shape index (κ3) is 3.19. The first-order valence-corrected chi connectivity index (χ1v) is 6.10. The molecule has 0 aliphatic rings. The SMILES string of the molecule is Cc1cc(-c2ccc(C)o2)nc(CC(C)C(=O)O)n1. The number of furan rings is 1. The molecule has 0 saturated heterocycles. The summed E-state index contributed by atoms with van der Waals surface area (Å²) in [5, 5.41) is 8.93. The Morgan fingerprint density at radius 3 is 2.68 bits per heavy atom. The second kappa shape index (κ2) is 5.22. The van der Waals surface area contributed by atoms with Crippen LogP contribution in [0, 0.1) is 19.8 Å². The molecule has 1 unspecified atom stereocenters. The molecule has 0 fully saturated rings. The molecule has 0 aliphatic carbocycles. The fourth-order valence-corrected chi connectivity index (χ4v) is 1.78. The quantitative estimate of drug-likeness (QED) is 0.914. The first-order chi connectivity index (χ1) is 8.95.